The zero-order valence-electron chi connectivity index (χ0n) is 14.7. The number of nitrogen functional groups attached to an aromatic ring is 1. The summed E-state index contributed by atoms with van der Waals surface area (Å²) in [6.45, 7) is 0. The second kappa shape index (κ2) is 6.58. The summed E-state index contributed by atoms with van der Waals surface area (Å²) in [5, 5.41) is 0.872. The maximum atomic E-state index is 13.4. The molecule has 5 aromatic rings. The van der Waals surface area contributed by atoms with Crippen LogP contribution in [0.4, 0.5) is 10.1 Å². The third kappa shape index (κ3) is 2.93. The predicted octanol–water partition coefficient (Wildman–Crippen LogP) is 5.54. The Balaban J connectivity index is 1.50. The number of nitrogens with two attached hydrogens (primary N) is 1. The highest BCUT2D eigenvalue weighted by Crippen LogP contribution is 2.31. The quantitative estimate of drug-likeness (QED) is 0.414. The molecule has 0 saturated carbocycles. The average Bonchev–Trinajstić information content (AvgIpc) is 3.35. The topological polar surface area (TPSA) is 56.7 Å². The fourth-order valence-corrected chi connectivity index (χ4v) is 4.15. The Labute approximate surface area is 164 Å². The van der Waals surface area contributed by atoms with E-state index in [4.69, 9.17) is 5.73 Å². The molecular weight excluding hydrogens is 371 g/mol. The van der Waals surface area contributed by atoms with Crippen molar-refractivity contribution in [2.45, 2.75) is 0 Å². The van der Waals surface area contributed by atoms with Crippen LogP contribution in [0.3, 0.4) is 0 Å². The van der Waals surface area contributed by atoms with Crippen molar-refractivity contribution in [3.8, 4) is 27.5 Å². The minimum atomic E-state index is -0.242. The molecule has 2 heterocycles. The zero-order chi connectivity index (χ0) is 19.1. The highest BCUT2D eigenvalue weighted by atomic mass is 32.1. The number of hydrogen-bond acceptors (Lipinski definition) is 4. The molecule has 6 heteroatoms. The van der Waals surface area contributed by atoms with Gasteiger partial charge in [-0.15, -0.1) is 11.3 Å². The molecule has 0 aliphatic heterocycles. The zero-order valence-corrected chi connectivity index (χ0v) is 15.5. The second-order valence-corrected chi connectivity index (χ2v) is 7.48. The fraction of sp³-hybridized carbons (Fsp3) is 0. The van der Waals surface area contributed by atoms with Gasteiger partial charge in [0.25, 0.3) is 0 Å². The summed E-state index contributed by atoms with van der Waals surface area (Å²) in [7, 11) is 0. The molecule has 2 N–H and O–H groups in total. The molecule has 0 spiro atoms. The lowest BCUT2D eigenvalue weighted by Crippen LogP contribution is -1.95. The third-order valence-electron chi connectivity index (χ3n) is 4.59. The summed E-state index contributed by atoms with van der Waals surface area (Å²) < 4.78 is 16.3. The SMILES string of the molecule is Nc1ccc(-c2cncn2-c2ccc(-c3nc4ccc(F)cc4s3)cc2)cc1. The Bertz CT molecular complexity index is 1270. The van der Waals surface area contributed by atoms with E-state index in [1.807, 2.05) is 59.3 Å². The van der Waals surface area contributed by atoms with Gasteiger partial charge in [-0.1, -0.05) is 12.1 Å². The van der Waals surface area contributed by atoms with Gasteiger partial charge in [0.2, 0.25) is 0 Å². The maximum Gasteiger partial charge on any atom is 0.124 e. The largest absolute Gasteiger partial charge is 0.399 e. The van der Waals surface area contributed by atoms with Crippen molar-refractivity contribution in [1.29, 1.82) is 0 Å². The van der Waals surface area contributed by atoms with Crippen molar-refractivity contribution < 1.29 is 4.39 Å². The number of nitrogens with zero attached hydrogens (tertiary/aromatic N) is 3. The summed E-state index contributed by atoms with van der Waals surface area (Å²) in [5.41, 5.74) is 11.4. The number of fused-ring (bicyclic) bond motifs is 1. The van der Waals surface area contributed by atoms with Crippen molar-refractivity contribution in [3.63, 3.8) is 0 Å². The van der Waals surface area contributed by atoms with Crippen molar-refractivity contribution in [3.05, 3.63) is 85.1 Å². The van der Waals surface area contributed by atoms with Gasteiger partial charge < -0.3 is 5.73 Å². The molecule has 4 nitrogen and oxygen atoms in total. The minimum absolute atomic E-state index is 0.242. The van der Waals surface area contributed by atoms with Crippen LogP contribution in [0.5, 0.6) is 0 Å². The number of halogens is 1. The Morgan fingerprint density at radius 1 is 0.893 bits per heavy atom. The van der Waals surface area contributed by atoms with Crippen LogP contribution >= 0.6 is 11.3 Å². The molecule has 0 amide bonds. The van der Waals surface area contributed by atoms with E-state index in [2.05, 4.69) is 9.97 Å². The highest BCUT2D eigenvalue weighted by molar-refractivity contribution is 7.21. The molecule has 5 rings (SSSR count). The Morgan fingerprint density at radius 3 is 2.43 bits per heavy atom. The van der Waals surface area contributed by atoms with Gasteiger partial charge in [0, 0.05) is 22.5 Å². The summed E-state index contributed by atoms with van der Waals surface area (Å²) in [4.78, 5) is 8.91. The summed E-state index contributed by atoms with van der Waals surface area (Å²) >= 11 is 1.49. The standard InChI is InChI=1S/C22H15FN4S/c23-16-5-10-19-21(11-16)28-22(26-19)15-3-8-18(9-4-15)27-13-25-12-20(27)14-1-6-17(24)7-2-14/h1-13H,24H2. The van der Waals surface area contributed by atoms with Gasteiger partial charge in [-0.3, -0.25) is 4.57 Å². The van der Waals surface area contributed by atoms with Crippen LogP contribution < -0.4 is 5.73 Å². The number of anilines is 1. The lowest BCUT2D eigenvalue weighted by Gasteiger charge is -2.09. The summed E-state index contributed by atoms with van der Waals surface area (Å²) in [6.07, 6.45) is 3.63. The predicted molar refractivity (Wildman–Crippen MR) is 112 cm³/mol. The van der Waals surface area contributed by atoms with Crippen LogP contribution in [0.25, 0.3) is 37.7 Å². The van der Waals surface area contributed by atoms with Gasteiger partial charge in [-0.2, -0.15) is 0 Å². The van der Waals surface area contributed by atoms with Crippen LogP contribution in [0.15, 0.2) is 79.3 Å². The maximum absolute atomic E-state index is 13.4. The first-order chi connectivity index (χ1) is 13.7. The number of thiazole rings is 1. The first kappa shape index (κ1) is 16.6. The van der Waals surface area contributed by atoms with E-state index < -0.39 is 0 Å². The van der Waals surface area contributed by atoms with E-state index in [1.165, 1.54) is 23.5 Å². The van der Waals surface area contributed by atoms with E-state index in [1.54, 1.807) is 12.4 Å². The molecule has 0 aliphatic rings. The fourth-order valence-electron chi connectivity index (χ4n) is 3.15. The molecular formula is C22H15FN4S. The van der Waals surface area contributed by atoms with Crippen LogP contribution in [0.1, 0.15) is 0 Å². The molecule has 0 bridgehead atoms. The summed E-state index contributed by atoms with van der Waals surface area (Å²) in [6, 6.07) is 20.5. The van der Waals surface area contributed by atoms with Crippen LogP contribution in [-0.2, 0) is 0 Å². The van der Waals surface area contributed by atoms with Crippen molar-refractivity contribution >= 4 is 27.2 Å². The van der Waals surface area contributed by atoms with E-state index >= 15 is 0 Å². The van der Waals surface area contributed by atoms with Gasteiger partial charge >= 0.3 is 0 Å². The number of benzene rings is 3. The van der Waals surface area contributed by atoms with Crippen molar-refractivity contribution in [2.24, 2.45) is 0 Å². The first-order valence-electron chi connectivity index (χ1n) is 8.72. The van der Waals surface area contributed by atoms with Gasteiger partial charge in [-0.05, 0) is 54.6 Å². The number of imidazole rings is 1. The third-order valence-corrected chi connectivity index (χ3v) is 5.66. The molecule has 0 saturated heterocycles. The number of aromatic nitrogens is 3. The number of hydrogen-bond donors (Lipinski definition) is 1. The monoisotopic (exact) mass is 386 g/mol. The van der Waals surface area contributed by atoms with E-state index in [0.29, 0.717) is 0 Å². The molecule has 28 heavy (non-hydrogen) atoms. The molecule has 0 atom stereocenters. The Hall–Kier alpha value is -3.51. The smallest absolute Gasteiger partial charge is 0.124 e. The van der Waals surface area contributed by atoms with Crippen molar-refractivity contribution in [1.82, 2.24) is 14.5 Å². The number of rotatable bonds is 3. The lowest BCUT2D eigenvalue weighted by molar-refractivity contribution is 0.630. The molecule has 0 aliphatic carbocycles. The molecule has 136 valence electrons. The van der Waals surface area contributed by atoms with E-state index in [9.17, 15) is 4.39 Å². The van der Waals surface area contributed by atoms with E-state index in [-0.39, 0.29) is 5.82 Å². The van der Waals surface area contributed by atoms with Gasteiger partial charge in [0.1, 0.15) is 10.8 Å². The van der Waals surface area contributed by atoms with Crippen molar-refractivity contribution in [2.75, 3.05) is 5.73 Å². The Morgan fingerprint density at radius 2 is 1.64 bits per heavy atom. The highest BCUT2D eigenvalue weighted by Gasteiger charge is 2.10. The van der Waals surface area contributed by atoms with Gasteiger partial charge in [0.05, 0.1) is 28.4 Å². The van der Waals surface area contributed by atoms with Gasteiger partial charge in [0.15, 0.2) is 0 Å². The average molecular weight is 386 g/mol. The van der Waals surface area contributed by atoms with Gasteiger partial charge in [-0.25, -0.2) is 14.4 Å². The van der Waals surface area contributed by atoms with Crippen LogP contribution in [0.2, 0.25) is 0 Å². The molecule has 3 aromatic carbocycles. The Kier molecular flexibility index (Phi) is 3.91. The summed E-state index contributed by atoms with van der Waals surface area (Å²) in [5.74, 6) is -0.242. The minimum Gasteiger partial charge on any atom is -0.399 e. The molecule has 0 unspecified atom stereocenters. The second-order valence-electron chi connectivity index (χ2n) is 6.45. The molecule has 0 radical (unpaired) electrons. The lowest BCUT2D eigenvalue weighted by atomic mass is 10.1. The first-order valence-corrected chi connectivity index (χ1v) is 9.54. The molecule has 2 aromatic heterocycles. The van der Waals surface area contributed by atoms with Crippen LogP contribution in [0, 0.1) is 5.82 Å². The van der Waals surface area contributed by atoms with Crippen LogP contribution in [-0.4, -0.2) is 14.5 Å². The molecule has 0 fully saturated rings. The normalized spacial score (nSPS) is 11.2. The van der Waals surface area contributed by atoms with E-state index in [0.717, 1.165) is 43.4 Å².